The third-order valence-corrected chi connectivity index (χ3v) is 6.15. The average Bonchev–Trinajstić information content (AvgIpc) is 3.09. The number of Topliss-reactive ketones (excluding diaryl/α,β-unsaturated/α-hetero) is 1. The van der Waals surface area contributed by atoms with Gasteiger partial charge in [0.05, 0.1) is 6.54 Å². The molecule has 172 valence electrons. The van der Waals surface area contributed by atoms with Crippen molar-refractivity contribution < 1.29 is 14.0 Å². The number of nitrogens with one attached hydrogen (secondary N) is 1. The molecule has 1 N–H and O–H groups in total. The van der Waals surface area contributed by atoms with Gasteiger partial charge in [-0.2, -0.15) is 0 Å². The number of carbonyl (C=O) groups is 2. The van der Waals surface area contributed by atoms with Crippen LogP contribution in [0.5, 0.6) is 0 Å². The molecule has 0 bridgehead atoms. The molecule has 0 saturated carbocycles. The van der Waals surface area contributed by atoms with Crippen molar-refractivity contribution in [2.24, 2.45) is 0 Å². The standard InChI is InChI=1S/C25H26ClFN4O2/c1-17-14-23(18(2)31(17)22-8-6-20(27)7-9-22)24(32)16-29-10-12-30(13-11-29)25(33)28-21-5-3-4-19(26)15-21/h3-9,14-15H,10-13,16H2,1-2H3,(H,28,33). The van der Waals surface area contributed by atoms with Crippen LogP contribution in [-0.2, 0) is 0 Å². The minimum Gasteiger partial charge on any atom is -0.322 e. The molecule has 2 heterocycles. The fraction of sp³-hybridized carbons (Fsp3) is 0.280. The highest BCUT2D eigenvalue weighted by Crippen LogP contribution is 2.22. The minimum absolute atomic E-state index is 0.0355. The molecule has 0 unspecified atom stereocenters. The van der Waals surface area contributed by atoms with Crippen LogP contribution in [0.4, 0.5) is 14.9 Å². The lowest BCUT2D eigenvalue weighted by Crippen LogP contribution is -2.51. The molecule has 0 radical (unpaired) electrons. The molecule has 33 heavy (non-hydrogen) atoms. The fourth-order valence-corrected chi connectivity index (χ4v) is 4.39. The maximum absolute atomic E-state index is 13.3. The van der Waals surface area contributed by atoms with E-state index in [4.69, 9.17) is 11.6 Å². The smallest absolute Gasteiger partial charge is 0.321 e. The van der Waals surface area contributed by atoms with Crippen molar-refractivity contribution in [1.82, 2.24) is 14.4 Å². The highest BCUT2D eigenvalue weighted by atomic mass is 35.5. The Balaban J connectivity index is 1.35. The first-order chi connectivity index (χ1) is 15.8. The van der Waals surface area contributed by atoms with E-state index in [1.165, 1.54) is 12.1 Å². The molecule has 2 aromatic carbocycles. The molecule has 6 nitrogen and oxygen atoms in total. The van der Waals surface area contributed by atoms with Gasteiger partial charge in [-0.15, -0.1) is 0 Å². The summed E-state index contributed by atoms with van der Waals surface area (Å²) in [6.07, 6.45) is 0. The van der Waals surface area contributed by atoms with Crippen molar-refractivity contribution in [3.63, 3.8) is 0 Å². The van der Waals surface area contributed by atoms with Gasteiger partial charge < -0.3 is 14.8 Å². The SMILES string of the molecule is Cc1cc(C(=O)CN2CCN(C(=O)Nc3cccc(Cl)c3)CC2)c(C)n1-c1ccc(F)cc1. The number of carbonyl (C=O) groups excluding carboxylic acids is 2. The molecular formula is C25H26ClFN4O2. The largest absolute Gasteiger partial charge is 0.322 e. The molecule has 0 aliphatic carbocycles. The molecule has 1 aromatic heterocycles. The number of hydrogen-bond donors (Lipinski definition) is 1. The normalized spacial score (nSPS) is 14.4. The molecule has 4 rings (SSSR count). The summed E-state index contributed by atoms with van der Waals surface area (Å²) in [5, 5.41) is 3.42. The number of ketones is 1. The van der Waals surface area contributed by atoms with Gasteiger partial charge in [-0.3, -0.25) is 9.69 Å². The van der Waals surface area contributed by atoms with Crippen LogP contribution in [0.2, 0.25) is 5.02 Å². The summed E-state index contributed by atoms with van der Waals surface area (Å²) >= 11 is 5.98. The Morgan fingerprint density at radius 2 is 1.70 bits per heavy atom. The molecule has 1 aliphatic heterocycles. The number of anilines is 1. The highest BCUT2D eigenvalue weighted by molar-refractivity contribution is 6.30. The van der Waals surface area contributed by atoms with Crippen molar-refractivity contribution in [2.45, 2.75) is 13.8 Å². The number of piperazine rings is 1. The third kappa shape index (κ3) is 5.26. The number of hydrogen-bond acceptors (Lipinski definition) is 3. The topological polar surface area (TPSA) is 57.6 Å². The van der Waals surface area contributed by atoms with Crippen molar-refractivity contribution in [3.8, 4) is 5.69 Å². The van der Waals surface area contributed by atoms with E-state index in [-0.39, 0.29) is 24.2 Å². The van der Waals surface area contributed by atoms with Gasteiger partial charge in [-0.05, 0) is 62.4 Å². The molecule has 1 fully saturated rings. The Labute approximate surface area is 197 Å². The highest BCUT2D eigenvalue weighted by Gasteiger charge is 2.24. The van der Waals surface area contributed by atoms with Crippen molar-refractivity contribution >= 4 is 29.1 Å². The number of urea groups is 1. The van der Waals surface area contributed by atoms with Gasteiger partial charge in [-0.1, -0.05) is 17.7 Å². The fourth-order valence-electron chi connectivity index (χ4n) is 4.20. The first-order valence-corrected chi connectivity index (χ1v) is 11.2. The van der Waals surface area contributed by atoms with E-state index in [0.717, 1.165) is 17.1 Å². The van der Waals surface area contributed by atoms with E-state index < -0.39 is 0 Å². The van der Waals surface area contributed by atoms with Gasteiger partial charge in [0.1, 0.15) is 5.82 Å². The molecule has 8 heteroatoms. The van der Waals surface area contributed by atoms with Gasteiger partial charge in [0.2, 0.25) is 0 Å². The zero-order valence-electron chi connectivity index (χ0n) is 18.6. The zero-order chi connectivity index (χ0) is 23.5. The van der Waals surface area contributed by atoms with E-state index in [0.29, 0.717) is 42.5 Å². The Kier molecular flexibility index (Phi) is 6.81. The molecule has 0 spiro atoms. The van der Waals surface area contributed by atoms with Crippen molar-refractivity contribution in [3.05, 3.63) is 82.4 Å². The summed E-state index contributed by atoms with van der Waals surface area (Å²) in [6.45, 7) is 6.43. The number of benzene rings is 2. The molecule has 1 aliphatic rings. The van der Waals surface area contributed by atoms with Crippen LogP contribution in [-0.4, -0.2) is 58.9 Å². The summed E-state index contributed by atoms with van der Waals surface area (Å²) < 4.78 is 15.3. The van der Waals surface area contributed by atoms with E-state index in [1.54, 1.807) is 41.3 Å². The Morgan fingerprint density at radius 3 is 2.36 bits per heavy atom. The summed E-state index contributed by atoms with van der Waals surface area (Å²) in [6, 6.07) is 15.0. The summed E-state index contributed by atoms with van der Waals surface area (Å²) in [5.74, 6) is -0.258. The second-order valence-electron chi connectivity index (χ2n) is 8.22. The lowest BCUT2D eigenvalue weighted by atomic mass is 10.1. The second-order valence-corrected chi connectivity index (χ2v) is 8.66. The molecule has 2 amide bonds. The Morgan fingerprint density at radius 1 is 1.00 bits per heavy atom. The lowest BCUT2D eigenvalue weighted by Gasteiger charge is -2.34. The van der Waals surface area contributed by atoms with Crippen LogP contribution in [0.25, 0.3) is 5.69 Å². The van der Waals surface area contributed by atoms with E-state index in [9.17, 15) is 14.0 Å². The van der Waals surface area contributed by atoms with Gasteiger partial charge in [0.25, 0.3) is 0 Å². The first kappa shape index (κ1) is 23.0. The molecule has 3 aromatic rings. The summed E-state index contributed by atoms with van der Waals surface area (Å²) in [5.41, 5.74) is 3.90. The van der Waals surface area contributed by atoms with Crippen molar-refractivity contribution in [2.75, 3.05) is 38.0 Å². The Bertz CT molecular complexity index is 1170. The number of amides is 2. The number of nitrogens with zero attached hydrogens (tertiary/aromatic N) is 3. The van der Waals surface area contributed by atoms with E-state index in [2.05, 4.69) is 10.2 Å². The zero-order valence-corrected chi connectivity index (χ0v) is 19.4. The van der Waals surface area contributed by atoms with Gasteiger partial charge in [0, 0.05) is 59.5 Å². The Hall–Kier alpha value is -3.16. The van der Waals surface area contributed by atoms with E-state index in [1.807, 2.05) is 24.5 Å². The number of aromatic nitrogens is 1. The number of aryl methyl sites for hydroxylation is 1. The van der Waals surface area contributed by atoms with Crippen LogP contribution >= 0.6 is 11.6 Å². The third-order valence-electron chi connectivity index (χ3n) is 5.92. The van der Waals surface area contributed by atoms with Crippen LogP contribution in [0.15, 0.2) is 54.6 Å². The molecule has 1 saturated heterocycles. The van der Waals surface area contributed by atoms with Crippen molar-refractivity contribution in [1.29, 1.82) is 0 Å². The minimum atomic E-state index is -0.294. The van der Waals surface area contributed by atoms with Crippen LogP contribution in [0.1, 0.15) is 21.7 Å². The maximum atomic E-state index is 13.3. The second kappa shape index (κ2) is 9.77. The first-order valence-electron chi connectivity index (χ1n) is 10.8. The van der Waals surface area contributed by atoms with Gasteiger partial charge >= 0.3 is 6.03 Å². The average molecular weight is 469 g/mol. The predicted molar refractivity (Wildman–Crippen MR) is 128 cm³/mol. The van der Waals surface area contributed by atoms with Crippen LogP contribution in [0.3, 0.4) is 0 Å². The van der Waals surface area contributed by atoms with Crippen LogP contribution < -0.4 is 5.32 Å². The predicted octanol–water partition coefficient (Wildman–Crippen LogP) is 4.92. The molecule has 0 atom stereocenters. The maximum Gasteiger partial charge on any atom is 0.321 e. The quantitative estimate of drug-likeness (QED) is 0.541. The monoisotopic (exact) mass is 468 g/mol. The van der Waals surface area contributed by atoms with Crippen LogP contribution in [0, 0.1) is 19.7 Å². The number of rotatable bonds is 5. The van der Waals surface area contributed by atoms with E-state index >= 15 is 0 Å². The van der Waals surface area contributed by atoms with Gasteiger partial charge in [0.15, 0.2) is 5.78 Å². The molecular weight excluding hydrogens is 443 g/mol. The van der Waals surface area contributed by atoms with Gasteiger partial charge in [-0.25, -0.2) is 9.18 Å². The number of halogens is 2. The lowest BCUT2D eigenvalue weighted by molar-refractivity contribution is 0.0883. The summed E-state index contributed by atoms with van der Waals surface area (Å²) in [7, 11) is 0. The summed E-state index contributed by atoms with van der Waals surface area (Å²) in [4.78, 5) is 29.4.